The second-order valence-corrected chi connectivity index (χ2v) is 5.30. The zero-order valence-corrected chi connectivity index (χ0v) is 11.5. The lowest BCUT2D eigenvalue weighted by atomic mass is 10.4. The summed E-state index contributed by atoms with van der Waals surface area (Å²) in [5.41, 5.74) is 0. The largest absolute Gasteiger partial charge is 0.367 e. The fourth-order valence-corrected chi connectivity index (χ4v) is 2.10. The number of carbonyl (C=O) groups excluding carboxylic acids is 1. The van der Waals surface area contributed by atoms with Gasteiger partial charge in [0.1, 0.15) is 5.82 Å². The van der Waals surface area contributed by atoms with Crippen molar-refractivity contribution in [2.45, 2.75) is 12.8 Å². The number of amides is 1. The highest BCUT2D eigenvalue weighted by molar-refractivity contribution is 9.10. The van der Waals surface area contributed by atoms with Gasteiger partial charge in [0.25, 0.3) is 0 Å². The van der Waals surface area contributed by atoms with Crippen LogP contribution in [0.5, 0.6) is 0 Å². The Bertz CT molecular complexity index is 423. The van der Waals surface area contributed by atoms with Crippen molar-refractivity contribution in [2.24, 2.45) is 5.92 Å². The lowest BCUT2D eigenvalue weighted by molar-refractivity contribution is -0.122. The first-order chi connectivity index (χ1) is 8.16. The number of hydrogen-bond acceptors (Lipinski definition) is 3. The predicted molar refractivity (Wildman–Crippen MR) is 71.2 cm³/mol. The van der Waals surface area contributed by atoms with Gasteiger partial charge in [-0.15, -0.1) is 0 Å². The van der Waals surface area contributed by atoms with Gasteiger partial charge in [0.2, 0.25) is 5.91 Å². The number of rotatable bonds is 5. The van der Waals surface area contributed by atoms with Gasteiger partial charge in [-0.25, -0.2) is 4.98 Å². The Hall–Kier alpha value is -0.810. The average Bonchev–Trinajstić information content (AvgIpc) is 3.10. The standard InChI is InChI=1S/C11H13BrClN3O/c12-8-5-9(13)10(16-6-8)14-3-4-15-11(17)7-1-2-7/h5-7H,1-4H2,(H,14,16)(H,15,17). The highest BCUT2D eigenvalue weighted by Gasteiger charge is 2.28. The van der Waals surface area contributed by atoms with Crippen LogP contribution in [0.25, 0.3) is 0 Å². The van der Waals surface area contributed by atoms with Crippen LogP contribution in [0.3, 0.4) is 0 Å². The molecule has 1 aromatic rings. The highest BCUT2D eigenvalue weighted by atomic mass is 79.9. The molecular weight excluding hydrogens is 305 g/mol. The van der Waals surface area contributed by atoms with Crippen LogP contribution in [0.2, 0.25) is 5.02 Å². The minimum Gasteiger partial charge on any atom is -0.367 e. The number of anilines is 1. The summed E-state index contributed by atoms with van der Waals surface area (Å²) in [6.07, 6.45) is 3.73. The van der Waals surface area contributed by atoms with Crippen molar-refractivity contribution in [1.29, 1.82) is 0 Å². The molecule has 1 aliphatic rings. The molecule has 0 unspecified atom stereocenters. The van der Waals surface area contributed by atoms with Crippen LogP contribution < -0.4 is 10.6 Å². The Morgan fingerprint density at radius 3 is 2.94 bits per heavy atom. The fraction of sp³-hybridized carbons (Fsp3) is 0.455. The average molecular weight is 319 g/mol. The minimum absolute atomic E-state index is 0.154. The monoisotopic (exact) mass is 317 g/mol. The van der Waals surface area contributed by atoms with Gasteiger partial charge >= 0.3 is 0 Å². The summed E-state index contributed by atoms with van der Waals surface area (Å²) in [5.74, 6) is 1.04. The van der Waals surface area contributed by atoms with Gasteiger partial charge in [-0.05, 0) is 34.8 Å². The van der Waals surface area contributed by atoms with E-state index in [1.54, 1.807) is 12.3 Å². The normalized spacial score (nSPS) is 14.5. The van der Waals surface area contributed by atoms with Crippen molar-refractivity contribution in [3.05, 3.63) is 21.8 Å². The molecule has 0 aliphatic heterocycles. The van der Waals surface area contributed by atoms with Gasteiger partial charge in [0, 0.05) is 29.7 Å². The smallest absolute Gasteiger partial charge is 0.223 e. The first kappa shape index (κ1) is 12.6. The molecule has 6 heteroatoms. The molecule has 0 radical (unpaired) electrons. The van der Waals surface area contributed by atoms with Crippen LogP contribution in [0.15, 0.2) is 16.7 Å². The molecule has 2 N–H and O–H groups in total. The maximum Gasteiger partial charge on any atom is 0.223 e. The molecule has 2 rings (SSSR count). The zero-order chi connectivity index (χ0) is 12.3. The SMILES string of the molecule is O=C(NCCNc1ncc(Br)cc1Cl)C1CC1. The lowest BCUT2D eigenvalue weighted by Gasteiger charge is -2.08. The van der Waals surface area contributed by atoms with Crippen molar-refractivity contribution in [3.63, 3.8) is 0 Å². The molecule has 0 atom stereocenters. The Kier molecular flexibility index (Phi) is 4.23. The third-order valence-corrected chi connectivity index (χ3v) is 3.19. The minimum atomic E-state index is 0.154. The van der Waals surface area contributed by atoms with Crippen molar-refractivity contribution in [1.82, 2.24) is 10.3 Å². The Labute approximate surface area is 113 Å². The number of nitrogens with one attached hydrogen (secondary N) is 2. The maximum absolute atomic E-state index is 11.3. The molecule has 4 nitrogen and oxygen atoms in total. The van der Waals surface area contributed by atoms with Crippen LogP contribution in [0.4, 0.5) is 5.82 Å². The van der Waals surface area contributed by atoms with Gasteiger partial charge in [-0.1, -0.05) is 11.6 Å². The zero-order valence-electron chi connectivity index (χ0n) is 9.17. The quantitative estimate of drug-likeness (QED) is 0.820. The number of halogens is 2. The van der Waals surface area contributed by atoms with Gasteiger partial charge in [-0.2, -0.15) is 0 Å². The summed E-state index contributed by atoms with van der Waals surface area (Å²) in [6, 6.07) is 1.78. The second-order valence-electron chi connectivity index (χ2n) is 3.98. The third kappa shape index (κ3) is 3.85. The molecule has 1 aliphatic carbocycles. The van der Waals surface area contributed by atoms with Gasteiger partial charge in [0.15, 0.2) is 0 Å². The van der Waals surface area contributed by atoms with E-state index in [1.165, 1.54) is 0 Å². The van der Waals surface area contributed by atoms with E-state index < -0.39 is 0 Å². The summed E-state index contributed by atoms with van der Waals surface area (Å²) >= 11 is 9.28. The summed E-state index contributed by atoms with van der Waals surface area (Å²) in [4.78, 5) is 15.5. The summed E-state index contributed by atoms with van der Waals surface area (Å²) in [5, 5.41) is 6.50. The molecule has 0 bridgehead atoms. The molecule has 0 spiro atoms. The second kappa shape index (κ2) is 5.69. The molecule has 1 saturated carbocycles. The molecule has 1 fully saturated rings. The van der Waals surface area contributed by atoms with Crippen molar-refractivity contribution < 1.29 is 4.79 Å². The Morgan fingerprint density at radius 2 is 2.29 bits per heavy atom. The highest BCUT2D eigenvalue weighted by Crippen LogP contribution is 2.28. The summed E-state index contributed by atoms with van der Waals surface area (Å²) < 4.78 is 0.843. The molecule has 92 valence electrons. The number of hydrogen-bond donors (Lipinski definition) is 2. The first-order valence-corrected chi connectivity index (χ1v) is 6.66. The van der Waals surface area contributed by atoms with E-state index in [1.807, 2.05) is 0 Å². The van der Waals surface area contributed by atoms with Crippen LogP contribution in [0.1, 0.15) is 12.8 Å². The molecule has 0 saturated heterocycles. The van der Waals surface area contributed by atoms with Gasteiger partial charge < -0.3 is 10.6 Å². The topological polar surface area (TPSA) is 54.0 Å². The molecule has 1 aromatic heterocycles. The molecular formula is C11H13BrClN3O. The van der Waals surface area contributed by atoms with Crippen LogP contribution in [-0.4, -0.2) is 24.0 Å². The van der Waals surface area contributed by atoms with Crippen molar-refractivity contribution >= 4 is 39.3 Å². The van der Waals surface area contributed by atoms with E-state index in [0.717, 1.165) is 17.3 Å². The van der Waals surface area contributed by atoms with Gasteiger partial charge in [0.05, 0.1) is 5.02 Å². The fourth-order valence-electron chi connectivity index (χ4n) is 1.40. The van der Waals surface area contributed by atoms with E-state index in [9.17, 15) is 4.79 Å². The van der Waals surface area contributed by atoms with E-state index in [-0.39, 0.29) is 11.8 Å². The predicted octanol–water partition coefficient (Wildman–Crippen LogP) is 2.44. The lowest BCUT2D eigenvalue weighted by Crippen LogP contribution is -2.29. The van der Waals surface area contributed by atoms with Gasteiger partial charge in [-0.3, -0.25) is 4.79 Å². The third-order valence-electron chi connectivity index (χ3n) is 2.47. The van der Waals surface area contributed by atoms with E-state index in [0.29, 0.717) is 23.9 Å². The number of pyridine rings is 1. The summed E-state index contributed by atoms with van der Waals surface area (Å²) in [7, 11) is 0. The van der Waals surface area contributed by atoms with Crippen molar-refractivity contribution in [3.8, 4) is 0 Å². The molecule has 17 heavy (non-hydrogen) atoms. The van der Waals surface area contributed by atoms with Crippen LogP contribution >= 0.6 is 27.5 Å². The number of nitrogens with zero attached hydrogens (tertiary/aromatic N) is 1. The Morgan fingerprint density at radius 1 is 1.53 bits per heavy atom. The van der Waals surface area contributed by atoms with E-state index >= 15 is 0 Å². The number of aromatic nitrogens is 1. The van der Waals surface area contributed by atoms with E-state index in [4.69, 9.17) is 11.6 Å². The maximum atomic E-state index is 11.3. The van der Waals surface area contributed by atoms with E-state index in [2.05, 4.69) is 31.5 Å². The molecule has 1 amide bonds. The number of carbonyl (C=O) groups is 1. The first-order valence-electron chi connectivity index (χ1n) is 5.49. The molecule has 0 aromatic carbocycles. The van der Waals surface area contributed by atoms with Crippen LogP contribution in [0, 0.1) is 5.92 Å². The Balaban J connectivity index is 1.72. The molecule has 1 heterocycles. The van der Waals surface area contributed by atoms with Crippen LogP contribution in [-0.2, 0) is 4.79 Å². The van der Waals surface area contributed by atoms with Crippen molar-refractivity contribution in [2.75, 3.05) is 18.4 Å². The summed E-state index contributed by atoms with van der Waals surface area (Å²) in [6.45, 7) is 1.20.